The number of hydrogen-bond donors (Lipinski definition) is 1. The number of carbonyl (C=O) groups excluding carboxylic acids is 2. The Morgan fingerprint density at radius 1 is 0.673 bits per heavy atom. The van der Waals surface area contributed by atoms with E-state index in [0.29, 0.717) is 23.9 Å². The molecule has 0 amide bonds. The Kier molecular flexibility index (Phi) is 36.0. The fraction of sp³-hybridized carbons (Fsp3) is 0.905. The van der Waals surface area contributed by atoms with Crippen LogP contribution in [0.5, 0.6) is 0 Å². The average molecular weight is 808 g/mol. The maximum Gasteiger partial charge on any atom is 0.306 e. The summed E-state index contributed by atoms with van der Waals surface area (Å²) in [4.78, 5) is 42.5. The van der Waals surface area contributed by atoms with Crippen LogP contribution in [-0.2, 0) is 42.6 Å². The zero-order valence-electron chi connectivity index (χ0n) is 35.7. The molecule has 0 aromatic heterocycles. The molecule has 0 aliphatic carbocycles. The number of carbonyl (C=O) groups is 2. The van der Waals surface area contributed by atoms with Crippen molar-refractivity contribution in [1.29, 1.82) is 0 Å². The molecule has 326 valence electrons. The second-order valence-corrected chi connectivity index (χ2v) is 17.4. The second kappa shape index (κ2) is 36.9. The Morgan fingerprint density at radius 2 is 1.16 bits per heavy atom. The van der Waals surface area contributed by atoms with E-state index in [1.807, 2.05) is 33.3 Å². The lowest BCUT2D eigenvalue weighted by molar-refractivity contribution is -0.870. The van der Waals surface area contributed by atoms with Gasteiger partial charge in [-0.25, -0.2) is 5.26 Å². The van der Waals surface area contributed by atoms with Crippen molar-refractivity contribution in [2.45, 2.75) is 199 Å². The van der Waals surface area contributed by atoms with Crippen LogP contribution < -0.4 is 4.89 Å². The van der Waals surface area contributed by atoms with E-state index >= 15 is 0 Å². The molecular weight excluding hydrogens is 725 g/mol. The molecule has 0 radical (unpaired) electrons. The quantitative estimate of drug-likeness (QED) is 0.0120. The van der Waals surface area contributed by atoms with Crippen molar-refractivity contribution in [2.24, 2.45) is 0 Å². The Bertz CT molecular complexity index is 976. The van der Waals surface area contributed by atoms with E-state index in [0.717, 1.165) is 57.8 Å². The number of nitrogens with zero attached hydrogens (tertiary/aromatic N) is 1. The number of allylic oxidation sites excluding steroid dienone is 1. The van der Waals surface area contributed by atoms with Crippen LogP contribution >= 0.6 is 7.82 Å². The Morgan fingerprint density at radius 3 is 1.69 bits per heavy atom. The van der Waals surface area contributed by atoms with Crippen molar-refractivity contribution in [1.82, 2.24) is 0 Å². The van der Waals surface area contributed by atoms with E-state index in [1.165, 1.54) is 89.9 Å². The molecule has 12 nitrogen and oxygen atoms in total. The van der Waals surface area contributed by atoms with Gasteiger partial charge in [0.2, 0.25) is 0 Å². The summed E-state index contributed by atoms with van der Waals surface area (Å²) in [5.74, 6) is -0.918. The summed E-state index contributed by atoms with van der Waals surface area (Å²) >= 11 is 0. The van der Waals surface area contributed by atoms with Gasteiger partial charge in [0.1, 0.15) is 25.9 Å². The first-order valence-electron chi connectivity index (χ1n) is 21.8. The third-order valence-corrected chi connectivity index (χ3v) is 10.5. The zero-order valence-corrected chi connectivity index (χ0v) is 36.5. The molecular formula is C42H82NO11P. The summed E-state index contributed by atoms with van der Waals surface area (Å²) in [5, 5.41) is 12.7. The summed E-state index contributed by atoms with van der Waals surface area (Å²) in [6.45, 7) is 4.05. The molecule has 55 heavy (non-hydrogen) atoms. The molecule has 0 fully saturated rings. The highest BCUT2D eigenvalue weighted by atomic mass is 31.2. The highest BCUT2D eigenvalue weighted by Gasteiger charge is 2.21. The predicted molar refractivity (Wildman–Crippen MR) is 217 cm³/mol. The van der Waals surface area contributed by atoms with E-state index in [4.69, 9.17) is 28.7 Å². The predicted octanol–water partition coefficient (Wildman–Crippen LogP) is 10.6. The maximum absolute atomic E-state index is 12.7. The number of phosphoric ester groups is 1. The standard InChI is InChI=1S/C42H82NO11P/c1-6-8-10-12-14-15-16-17-18-19-20-25-29-33-41(44)49-37-40(38-51-55(47,48)50-36-35-43(3,4)5)52-42(45)34-30-26-22-21-24-28-32-39(53-54-46)31-27-23-13-11-9-7-2/h28,32,39-40H,6-27,29-31,33-38H2,1-5H3,(H-,46,47,48)/b32-28-/t39?,40-/m1/s1. The average Bonchev–Trinajstić information content (AvgIpc) is 3.13. The van der Waals surface area contributed by atoms with Gasteiger partial charge in [-0.1, -0.05) is 159 Å². The molecule has 0 aliphatic rings. The first-order valence-corrected chi connectivity index (χ1v) is 23.3. The number of ether oxygens (including phenoxy) is 2. The van der Waals surface area contributed by atoms with Crippen molar-refractivity contribution in [3.8, 4) is 0 Å². The molecule has 2 unspecified atom stereocenters. The van der Waals surface area contributed by atoms with Gasteiger partial charge in [-0.05, 0) is 32.1 Å². The van der Waals surface area contributed by atoms with Crippen LogP contribution in [0.15, 0.2) is 12.2 Å². The van der Waals surface area contributed by atoms with E-state index in [1.54, 1.807) is 0 Å². The van der Waals surface area contributed by atoms with Crippen molar-refractivity contribution < 1.29 is 57.2 Å². The third kappa shape index (κ3) is 39.2. The van der Waals surface area contributed by atoms with Crippen molar-refractivity contribution in [3.05, 3.63) is 12.2 Å². The topological polar surface area (TPSA) is 150 Å². The zero-order chi connectivity index (χ0) is 40.9. The van der Waals surface area contributed by atoms with Gasteiger partial charge in [0.15, 0.2) is 6.10 Å². The van der Waals surface area contributed by atoms with Crippen LogP contribution in [-0.4, -0.2) is 81.4 Å². The normalized spacial score (nSPS) is 14.2. The van der Waals surface area contributed by atoms with Crippen molar-refractivity contribution in [3.63, 3.8) is 0 Å². The van der Waals surface area contributed by atoms with Gasteiger partial charge in [0.25, 0.3) is 7.82 Å². The maximum atomic E-state index is 12.7. The van der Waals surface area contributed by atoms with Gasteiger partial charge in [-0.2, -0.15) is 4.89 Å². The van der Waals surface area contributed by atoms with Gasteiger partial charge < -0.3 is 27.9 Å². The smallest absolute Gasteiger partial charge is 0.306 e. The molecule has 0 spiro atoms. The lowest BCUT2D eigenvalue weighted by atomic mass is 10.0. The first kappa shape index (κ1) is 53.6. The highest BCUT2D eigenvalue weighted by molar-refractivity contribution is 7.45. The van der Waals surface area contributed by atoms with E-state index in [-0.39, 0.29) is 32.2 Å². The number of quaternary nitrogens is 1. The number of esters is 2. The van der Waals surface area contributed by atoms with Crippen LogP contribution in [0.25, 0.3) is 0 Å². The molecule has 0 aromatic rings. The second-order valence-electron chi connectivity index (χ2n) is 16.0. The number of unbranched alkanes of at least 4 members (excludes halogenated alkanes) is 21. The minimum atomic E-state index is -4.65. The molecule has 1 N–H and O–H groups in total. The summed E-state index contributed by atoms with van der Waals surface area (Å²) in [6.07, 6.45) is 30.6. The molecule has 0 bridgehead atoms. The third-order valence-electron chi connectivity index (χ3n) is 9.50. The van der Waals surface area contributed by atoms with E-state index in [2.05, 4.69) is 18.9 Å². The minimum Gasteiger partial charge on any atom is -0.756 e. The number of phosphoric acid groups is 1. The molecule has 0 saturated carbocycles. The van der Waals surface area contributed by atoms with E-state index in [9.17, 15) is 19.0 Å². The van der Waals surface area contributed by atoms with Crippen LogP contribution in [0.2, 0.25) is 0 Å². The van der Waals surface area contributed by atoms with Gasteiger partial charge >= 0.3 is 11.9 Å². The molecule has 13 heteroatoms. The summed E-state index contributed by atoms with van der Waals surface area (Å²) in [5.41, 5.74) is 0. The van der Waals surface area contributed by atoms with Crippen molar-refractivity contribution in [2.75, 3.05) is 47.5 Å². The Hall–Kier alpha value is -1.37. The fourth-order valence-electron chi connectivity index (χ4n) is 6.03. The molecule has 0 aliphatic heterocycles. The van der Waals surface area contributed by atoms with Crippen LogP contribution in [0.1, 0.15) is 187 Å². The molecule has 0 heterocycles. The highest BCUT2D eigenvalue weighted by Crippen LogP contribution is 2.38. The van der Waals surface area contributed by atoms with Gasteiger partial charge in [0.05, 0.1) is 27.7 Å². The number of rotatable bonds is 41. The molecule has 0 rings (SSSR count). The van der Waals surface area contributed by atoms with Crippen molar-refractivity contribution >= 4 is 19.8 Å². The molecule has 3 atom stereocenters. The van der Waals surface area contributed by atoms with Crippen LogP contribution in [0.4, 0.5) is 0 Å². The fourth-order valence-corrected chi connectivity index (χ4v) is 6.76. The van der Waals surface area contributed by atoms with Gasteiger partial charge in [-0.3, -0.25) is 14.2 Å². The summed E-state index contributed by atoms with van der Waals surface area (Å²) in [6, 6.07) is 0. The lowest BCUT2D eigenvalue weighted by Gasteiger charge is -2.28. The van der Waals surface area contributed by atoms with E-state index < -0.39 is 32.5 Å². The first-order chi connectivity index (χ1) is 26.4. The minimum absolute atomic E-state index is 0.0523. The Labute approximate surface area is 335 Å². The Balaban J connectivity index is 4.54. The summed E-state index contributed by atoms with van der Waals surface area (Å²) < 4.78 is 33.8. The lowest BCUT2D eigenvalue weighted by Crippen LogP contribution is -2.37. The number of likely N-dealkylation sites (N-methyl/N-ethyl adjacent to an activating group) is 1. The monoisotopic (exact) mass is 808 g/mol. The van der Waals surface area contributed by atoms with Crippen LogP contribution in [0, 0.1) is 0 Å². The van der Waals surface area contributed by atoms with Gasteiger partial charge in [0, 0.05) is 12.8 Å². The summed E-state index contributed by atoms with van der Waals surface area (Å²) in [7, 11) is 1.09. The SMILES string of the molecule is CCCCCCCCCCCCCCCC(=O)OC[C@H](COP(=O)([O-])OCC[N+](C)(C)C)OC(=O)CCCCCC/C=C\C(CCCCCCCC)OOO. The largest absolute Gasteiger partial charge is 0.756 e. The number of hydrogen-bond acceptors (Lipinski definition) is 11. The van der Waals surface area contributed by atoms with Crippen LogP contribution in [0.3, 0.4) is 0 Å². The molecule has 0 aromatic carbocycles. The van der Waals surface area contributed by atoms with Gasteiger partial charge in [-0.15, -0.1) is 0 Å². The molecule has 0 saturated heterocycles.